The molecule has 1 amide bonds. The fraction of sp³-hybridized carbons (Fsp3) is 0.435. The summed E-state index contributed by atoms with van der Waals surface area (Å²) in [6, 6.07) is 12.2. The maximum absolute atomic E-state index is 12.0. The number of benzene rings is 1. The number of hydrogen-bond acceptors (Lipinski definition) is 4. The molecule has 3 N–H and O–H groups in total. The van der Waals surface area contributed by atoms with E-state index in [-0.39, 0.29) is 29.9 Å². The Morgan fingerprint density at radius 3 is 2.42 bits per heavy atom. The highest BCUT2D eigenvalue weighted by Crippen LogP contribution is 2.13. The van der Waals surface area contributed by atoms with Gasteiger partial charge in [0.05, 0.1) is 12.1 Å². The molecule has 0 radical (unpaired) electrons. The van der Waals surface area contributed by atoms with Crippen LogP contribution in [0.3, 0.4) is 0 Å². The van der Waals surface area contributed by atoms with E-state index in [1.54, 1.807) is 24.5 Å². The Morgan fingerprint density at radius 2 is 1.74 bits per heavy atom. The monoisotopic (exact) mass is 536 g/mol. The van der Waals surface area contributed by atoms with E-state index in [9.17, 15) is 4.79 Å². The minimum Gasteiger partial charge on any atom is -0.357 e. The third-order valence-corrected chi connectivity index (χ3v) is 5.02. The summed E-state index contributed by atoms with van der Waals surface area (Å²) >= 11 is 0. The molecule has 0 bridgehead atoms. The molecule has 0 spiro atoms. The lowest BCUT2D eigenvalue weighted by Crippen LogP contribution is -2.41. The zero-order valence-corrected chi connectivity index (χ0v) is 20.5. The lowest BCUT2D eigenvalue weighted by Gasteiger charge is -2.14. The van der Waals surface area contributed by atoms with Gasteiger partial charge in [-0.3, -0.25) is 14.7 Å². The Kier molecular flexibility index (Phi) is 11.3. The van der Waals surface area contributed by atoms with Gasteiger partial charge >= 0.3 is 0 Å². The van der Waals surface area contributed by atoms with Crippen LogP contribution in [0.2, 0.25) is 0 Å². The van der Waals surface area contributed by atoms with E-state index in [2.05, 4.69) is 55.1 Å². The standard InChI is InChI=1S/C23H32N6O.HI/c1-2-25-23(27-13-12-26-22(30)21-6-5-11-24-17-21)28-16-19-7-9-20(10-8-19)18-29-14-3-4-15-29;/h5-11,17H,2-4,12-16,18H2,1H3,(H,26,30)(H2,25,27,28);1H. The van der Waals surface area contributed by atoms with Crippen molar-refractivity contribution in [2.75, 3.05) is 32.7 Å². The second-order valence-corrected chi connectivity index (χ2v) is 7.42. The van der Waals surface area contributed by atoms with Gasteiger partial charge in [-0.15, -0.1) is 24.0 Å². The largest absolute Gasteiger partial charge is 0.357 e. The molecule has 1 saturated heterocycles. The van der Waals surface area contributed by atoms with Crippen LogP contribution in [0.1, 0.15) is 41.3 Å². The number of guanidine groups is 1. The van der Waals surface area contributed by atoms with Crippen LogP contribution in [0, 0.1) is 0 Å². The second kappa shape index (κ2) is 14.0. The molecule has 1 aromatic carbocycles. The number of amides is 1. The van der Waals surface area contributed by atoms with E-state index in [1.165, 1.54) is 37.1 Å². The minimum absolute atomic E-state index is 0. The van der Waals surface area contributed by atoms with Crippen LogP contribution in [0.5, 0.6) is 0 Å². The summed E-state index contributed by atoms with van der Waals surface area (Å²) in [5.41, 5.74) is 3.10. The van der Waals surface area contributed by atoms with Crippen LogP contribution in [0.25, 0.3) is 0 Å². The molecule has 1 aliphatic rings. The van der Waals surface area contributed by atoms with Crippen LogP contribution < -0.4 is 16.0 Å². The SMILES string of the molecule is CCNC(=NCc1ccc(CN2CCCC2)cc1)NCCNC(=O)c1cccnc1.I. The lowest BCUT2D eigenvalue weighted by atomic mass is 10.1. The fourth-order valence-corrected chi connectivity index (χ4v) is 3.42. The first-order valence-corrected chi connectivity index (χ1v) is 10.7. The molecule has 0 aliphatic carbocycles. The molecule has 0 unspecified atom stereocenters. The van der Waals surface area contributed by atoms with E-state index in [4.69, 9.17) is 0 Å². The van der Waals surface area contributed by atoms with E-state index >= 15 is 0 Å². The van der Waals surface area contributed by atoms with Crippen molar-refractivity contribution in [3.63, 3.8) is 0 Å². The number of rotatable bonds is 9. The van der Waals surface area contributed by atoms with Crippen molar-refractivity contribution in [1.29, 1.82) is 0 Å². The number of aliphatic imine (C=N–C) groups is 1. The van der Waals surface area contributed by atoms with Crippen molar-refractivity contribution in [3.8, 4) is 0 Å². The van der Waals surface area contributed by atoms with E-state index in [1.807, 2.05) is 6.92 Å². The molecule has 2 aromatic rings. The molecule has 8 heteroatoms. The lowest BCUT2D eigenvalue weighted by molar-refractivity contribution is 0.0954. The van der Waals surface area contributed by atoms with Gasteiger partial charge in [-0.1, -0.05) is 24.3 Å². The first-order chi connectivity index (χ1) is 14.7. The van der Waals surface area contributed by atoms with Gasteiger partial charge in [-0.05, 0) is 56.1 Å². The second-order valence-electron chi connectivity index (χ2n) is 7.42. The number of pyridine rings is 1. The quantitative estimate of drug-likeness (QED) is 0.199. The molecule has 7 nitrogen and oxygen atoms in total. The highest BCUT2D eigenvalue weighted by Gasteiger charge is 2.11. The number of likely N-dealkylation sites (tertiary alicyclic amines) is 1. The molecule has 0 saturated carbocycles. The summed E-state index contributed by atoms with van der Waals surface area (Å²) in [6.07, 6.45) is 5.85. The van der Waals surface area contributed by atoms with Gasteiger partial charge < -0.3 is 16.0 Å². The Morgan fingerprint density at radius 1 is 1.03 bits per heavy atom. The molecule has 0 atom stereocenters. The molecule has 1 aliphatic heterocycles. The summed E-state index contributed by atoms with van der Waals surface area (Å²) in [5, 5.41) is 9.38. The molecule has 31 heavy (non-hydrogen) atoms. The summed E-state index contributed by atoms with van der Waals surface area (Å²) in [4.78, 5) is 23.2. The zero-order chi connectivity index (χ0) is 21.0. The minimum atomic E-state index is -0.124. The normalized spacial score (nSPS) is 14.0. The number of halogens is 1. The molecule has 168 valence electrons. The smallest absolute Gasteiger partial charge is 0.252 e. The van der Waals surface area contributed by atoms with Gasteiger partial charge in [0, 0.05) is 38.6 Å². The van der Waals surface area contributed by atoms with Gasteiger partial charge in [0.2, 0.25) is 0 Å². The van der Waals surface area contributed by atoms with Crippen molar-refractivity contribution in [1.82, 2.24) is 25.8 Å². The molecule has 1 aromatic heterocycles. The number of hydrogen-bond donors (Lipinski definition) is 3. The predicted molar refractivity (Wildman–Crippen MR) is 136 cm³/mol. The van der Waals surface area contributed by atoms with E-state index in [0.717, 1.165) is 19.0 Å². The van der Waals surface area contributed by atoms with Crippen LogP contribution in [0.15, 0.2) is 53.8 Å². The van der Waals surface area contributed by atoms with Gasteiger partial charge in [0.15, 0.2) is 5.96 Å². The highest BCUT2D eigenvalue weighted by atomic mass is 127. The van der Waals surface area contributed by atoms with Gasteiger partial charge in [-0.2, -0.15) is 0 Å². The topological polar surface area (TPSA) is 81.7 Å². The third-order valence-electron chi connectivity index (χ3n) is 5.02. The predicted octanol–water partition coefficient (Wildman–Crippen LogP) is 2.78. The van der Waals surface area contributed by atoms with E-state index in [0.29, 0.717) is 25.2 Å². The molecule has 3 rings (SSSR count). The number of nitrogens with zero attached hydrogens (tertiary/aromatic N) is 3. The summed E-state index contributed by atoms with van der Waals surface area (Å²) < 4.78 is 0. The Balaban J connectivity index is 0.00000341. The molecule has 2 heterocycles. The van der Waals surface area contributed by atoms with Crippen molar-refractivity contribution >= 4 is 35.8 Å². The van der Waals surface area contributed by atoms with Crippen LogP contribution >= 0.6 is 24.0 Å². The molecular formula is C23H33IN6O. The van der Waals surface area contributed by atoms with Gasteiger partial charge in [0.25, 0.3) is 5.91 Å². The van der Waals surface area contributed by atoms with E-state index < -0.39 is 0 Å². The Labute approximate surface area is 202 Å². The average molecular weight is 536 g/mol. The van der Waals surface area contributed by atoms with Crippen LogP contribution in [-0.2, 0) is 13.1 Å². The summed E-state index contributed by atoms with van der Waals surface area (Å²) in [6.45, 7) is 7.99. The average Bonchev–Trinajstić information content (AvgIpc) is 3.29. The van der Waals surface area contributed by atoms with Crippen LogP contribution in [0.4, 0.5) is 0 Å². The molecule has 1 fully saturated rings. The van der Waals surface area contributed by atoms with Crippen LogP contribution in [-0.4, -0.2) is 54.5 Å². The first-order valence-electron chi connectivity index (χ1n) is 10.7. The summed E-state index contributed by atoms with van der Waals surface area (Å²) in [7, 11) is 0. The molecular weight excluding hydrogens is 503 g/mol. The maximum Gasteiger partial charge on any atom is 0.252 e. The Hall–Kier alpha value is -2.20. The number of carbonyl (C=O) groups is 1. The highest BCUT2D eigenvalue weighted by molar-refractivity contribution is 14.0. The zero-order valence-electron chi connectivity index (χ0n) is 18.1. The van der Waals surface area contributed by atoms with Crippen molar-refractivity contribution in [3.05, 3.63) is 65.5 Å². The number of nitrogens with one attached hydrogen (secondary N) is 3. The van der Waals surface area contributed by atoms with Crippen molar-refractivity contribution in [2.45, 2.75) is 32.9 Å². The first kappa shape index (κ1) is 25.1. The number of carbonyl (C=O) groups excluding carboxylic acids is 1. The Bertz CT molecular complexity index is 807. The van der Waals surface area contributed by atoms with Crippen molar-refractivity contribution in [2.24, 2.45) is 4.99 Å². The third kappa shape index (κ3) is 8.82. The van der Waals surface area contributed by atoms with Gasteiger partial charge in [-0.25, -0.2) is 4.99 Å². The van der Waals surface area contributed by atoms with Gasteiger partial charge in [0.1, 0.15) is 0 Å². The maximum atomic E-state index is 12.0. The fourth-order valence-electron chi connectivity index (χ4n) is 3.42. The summed E-state index contributed by atoms with van der Waals surface area (Å²) in [5.74, 6) is 0.620. The van der Waals surface area contributed by atoms with Crippen molar-refractivity contribution < 1.29 is 4.79 Å². The number of aromatic nitrogens is 1.